The van der Waals surface area contributed by atoms with Crippen molar-refractivity contribution in [1.29, 1.82) is 0 Å². The second-order valence-electron chi connectivity index (χ2n) is 4.75. The van der Waals surface area contributed by atoms with E-state index in [1.165, 1.54) is 0 Å². The van der Waals surface area contributed by atoms with E-state index >= 15 is 0 Å². The maximum absolute atomic E-state index is 5.75. The van der Waals surface area contributed by atoms with Gasteiger partial charge >= 0.3 is 0 Å². The quantitative estimate of drug-likeness (QED) is 0.329. The molecule has 118 valence electrons. The summed E-state index contributed by atoms with van der Waals surface area (Å²) in [7, 11) is 1.77. The van der Waals surface area contributed by atoms with Crippen LogP contribution in [0.3, 0.4) is 0 Å². The van der Waals surface area contributed by atoms with E-state index in [2.05, 4.69) is 20.6 Å². The van der Waals surface area contributed by atoms with Gasteiger partial charge in [0.1, 0.15) is 5.15 Å². The van der Waals surface area contributed by atoms with Crippen molar-refractivity contribution in [3.05, 3.63) is 29.0 Å². The fraction of sp³-hybridized carbons (Fsp3) is 0.571. The number of hydrogen-bond donors (Lipinski definition) is 2. The molecule has 2 N–H and O–H groups in total. The summed E-state index contributed by atoms with van der Waals surface area (Å²) in [6.07, 6.45) is 5.27. The van der Waals surface area contributed by atoms with Gasteiger partial charge in [0.25, 0.3) is 0 Å². The summed E-state index contributed by atoms with van der Waals surface area (Å²) in [5.74, 6) is 0.808. The minimum absolute atomic E-state index is 0. The van der Waals surface area contributed by atoms with Crippen LogP contribution in [0.1, 0.15) is 18.4 Å². The molecule has 1 aromatic rings. The first-order valence-corrected chi connectivity index (χ1v) is 7.32. The molecular formula is C14H22ClIN4O. The van der Waals surface area contributed by atoms with Gasteiger partial charge in [-0.25, -0.2) is 4.98 Å². The summed E-state index contributed by atoms with van der Waals surface area (Å²) in [6, 6.07) is 3.79. The van der Waals surface area contributed by atoms with E-state index in [0.717, 1.165) is 50.5 Å². The Hall–Kier alpha value is -0.600. The van der Waals surface area contributed by atoms with Crippen molar-refractivity contribution in [2.75, 3.05) is 26.7 Å². The number of guanidine groups is 1. The van der Waals surface area contributed by atoms with E-state index in [1.807, 2.05) is 6.07 Å². The predicted octanol–water partition coefficient (Wildman–Crippen LogP) is 2.24. The molecule has 1 aliphatic rings. The largest absolute Gasteiger partial charge is 0.376 e. The Balaban J connectivity index is 0.00000220. The van der Waals surface area contributed by atoms with Gasteiger partial charge in [-0.2, -0.15) is 0 Å². The lowest BCUT2D eigenvalue weighted by molar-refractivity contribution is 0.114. The Morgan fingerprint density at radius 2 is 2.33 bits per heavy atom. The molecule has 21 heavy (non-hydrogen) atoms. The van der Waals surface area contributed by atoms with E-state index in [0.29, 0.717) is 11.3 Å². The van der Waals surface area contributed by atoms with Gasteiger partial charge in [0.05, 0.1) is 6.10 Å². The topological polar surface area (TPSA) is 58.5 Å². The Kier molecular flexibility index (Phi) is 8.94. The zero-order valence-electron chi connectivity index (χ0n) is 12.1. The average molecular weight is 425 g/mol. The van der Waals surface area contributed by atoms with Crippen molar-refractivity contribution >= 4 is 41.5 Å². The Morgan fingerprint density at radius 3 is 2.95 bits per heavy atom. The molecule has 0 spiro atoms. The number of nitrogens with zero attached hydrogens (tertiary/aromatic N) is 2. The van der Waals surface area contributed by atoms with Gasteiger partial charge < -0.3 is 15.4 Å². The summed E-state index contributed by atoms with van der Waals surface area (Å²) >= 11 is 5.75. The highest BCUT2D eigenvalue weighted by atomic mass is 127. The maximum atomic E-state index is 5.75. The molecule has 0 radical (unpaired) electrons. The monoisotopic (exact) mass is 424 g/mol. The second-order valence-corrected chi connectivity index (χ2v) is 5.14. The number of rotatable bonds is 5. The lowest BCUT2D eigenvalue weighted by Crippen LogP contribution is -2.41. The van der Waals surface area contributed by atoms with Crippen LogP contribution >= 0.6 is 35.6 Å². The zero-order chi connectivity index (χ0) is 14.2. The van der Waals surface area contributed by atoms with Crippen molar-refractivity contribution in [3.63, 3.8) is 0 Å². The molecule has 1 atom stereocenters. The molecule has 1 fully saturated rings. The number of halogens is 2. The lowest BCUT2D eigenvalue weighted by atomic mass is 10.2. The molecule has 0 bridgehead atoms. The maximum Gasteiger partial charge on any atom is 0.191 e. The zero-order valence-corrected chi connectivity index (χ0v) is 15.2. The van der Waals surface area contributed by atoms with Crippen molar-refractivity contribution in [3.8, 4) is 0 Å². The molecule has 5 nitrogen and oxygen atoms in total. The number of nitrogens with one attached hydrogen (secondary N) is 2. The second kappa shape index (κ2) is 10.2. The normalized spacial score (nSPS) is 18.2. The summed E-state index contributed by atoms with van der Waals surface area (Å²) in [5, 5.41) is 7.09. The van der Waals surface area contributed by atoms with Gasteiger partial charge in [0, 0.05) is 32.9 Å². The van der Waals surface area contributed by atoms with Crippen LogP contribution in [0.2, 0.25) is 5.15 Å². The number of pyridine rings is 1. The molecular weight excluding hydrogens is 403 g/mol. The van der Waals surface area contributed by atoms with Gasteiger partial charge in [-0.3, -0.25) is 4.99 Å². The highest BCUT2D eigenvalue weighted by molar-refractivity contribution is 14.0. The third-order valence-electron chi connectivity index (χ3n) is 3.24. The molecule has 0 amide bonds. The smallest absolute Gasteiger partial charge is 0.191 e. The van der Waals surface area contributed by atoms with Crippen LogP contribution in [0.25, 0.3) is 0 Å². The van der Waals surface area contributed by atoms with Crippen molar-refractivity contribution in [1.82, 2.24) is 15.6 Å². The van der Waals surface area contributed by atoms with Crippen LogP contribution in [0.4, 0.5) is 0 Å². The van der Waals surface area contributed by atoms with E-state index in [-0.39, 0.29) is 24.0 Å². The molecule has 2 heterocycles. The number of aromatic nitrogens is 1. The molecule has 2 rings (SSSR count). The third kappa shape index (κ3) is 6.80. The minimum atomic E-state index is 0. The van der Waals surface area contributed by atoms with Gasteiger partial charge in [-0.05, 0) is 30.9 Å². The van der Waals surface area contributed by atoms with Gasteiger partial charge in [-0.1, -0.05) is 17.7 Å². The van der Waals surface area contributed by atoms with Crippen molar-refractivity contribution in [2.24, 2.45) is 4.99 Å². The van der Waals surface area contributed by atoms with Crippen molar-refractivity contribution < 1.29 is 4.74 Å². The van der Waals surface area contributed by atoms with E-state index in [9.17, 15) is 0 Å². The van der Waals surface area contributed by atoms with Crippen LogP contribution in [0, 0.1) is 0 Å². The molecule has 1 aliphatic heterocycles. The Labute approximate surface area is 147 Å². The molecule has 0 saturated carbocycles. The van der Waals surface area contributed by atoms with Crippen LogP contribution in [0.15, 0.2) is 23.3 Å². The first-order chi connectivity index (χ1) is 9.78. The molecule has 1 aromatic heterocycles. The molecule has 7 heteroatoms. The summed E-state index contributed by atoms with van der Waals surface area (Å²) in [4.78, 5) is 8.26. The van der Waals surface area contributed by atoms with E-state index < -0.39 is 0 Å². The fourth-order valence-electron chi connectivity index (χ4n) is 2.12. The van der Waals surface area contributed by atoms with Crippen molar-refractivity contribution in [2.45, 2.75) is 25.4 Å². The highest BCUT2D eigenvalue weighted by Gasteiger charge is 2.15. The predicted molar refractivity (Wildman–Crippen MR) is 96.7 cm³/mol. The van der Waals surface area contributed by atoms with Crippen LogP contribution in [-0.4, -0.2) is 43.8 Å². The first kappa shape index (κ1) is 18.4. The molecule has 1 unspecified atom stereocenters. The number of ether oxygens (including phenoxy) is 1. The average Bonchev–Trinajstić information content (AvgIpc) is 2.98. The summed E-state index contributed by atoms with van der Waals surface area (Å²) < 4.78 is 5.57. The highest BCUT2D eigenvalue weighted by Crippen LogP contribution is 2.10. The Bertz CT molecular complexity index is 435. The van der Waals surface area contributed by atoms with Crippen LogP contribution < -0.4 is 10.6 Å². The fourth-order valence-corrected chi connectivity index (χ4v) is 2.23. The van der Waals surface area contributed by atoms with Gasteiger partial charge in [0.15, 0.2) is 5.96 Å². The van der Waals surface area contributed by atoms with Crippen LogP contribution in [0.5, 0.6) is 0 Å². The van der Waals surface area contributed by atoms with E-state index in [4.69, 9.17) is 16.3 Å². The molecule has 0 aromatic carbocycles. The van der Waals surface area contributed by atoms with E-state index in [1.54, 1.807) is 19.3 Å². The Morgan fingerprint density at radius 1 is 1.48 bits per heavy atom. The molecule has 0 aliphatic carbocycles. The number of hydrogen-bond acceptors (Lipinski definition) is 3. The minimum Gasteiger partial charge on any atom is -0.376 e. The van der Waals surface area contributed by atoms with Gasteiger partial charge in [-0.15, -0.1) is 24.0 Å². The first-order valence-electron chi connectivity index (χ1n) is 6.94. The van der Waals surface area contributed by atoms with Crippen LogP contribution in [-0.2, 0) is 11.2 Å². The summed E-state index contributed by atoms with van der Waals surface area (Å²) in [6.45, 7) is 2.48. The standard InChI is InChI=1S/C14H21ClN4O.HI/c1-16-14(19-10-12-3-2-8-20-12)17-7-6-11-4-5-13(15)18-9-11;/h4-5,9,12H,2-3,6-8,10H2,1H3,(H2,16,17,19);1H. The SMILES string of the molecule is CN=C(NCCc1ccc(Cl)nc1)NCC1CCCO1.I. The third-order valence-corrected chi connectivity index (χ3v) is 3.46. The molecule has 1 saturated heterocycles. The summed E-state index contributed by atoms with van der Waals surface area (Å²) in [5.41, 5.74) is 1.15. The number of aliphatic imine (C=N–C) groups is 1. The van der Waals surface area contributed by atoms with Gasteiger partial charge in [0.2, 0.25) is 0 Å². The lowest BCUT2D eigenvalue weighted by Gasteiger charge is -2.15.